The molecule has 0 spiro atoms. The van der Waals surface area contributed by atoms with Crippen LogP contribution in [-0.2, 0) is 21.4 Å². The maximum absolute atomic E-state index is 13.0. The highest BCUT2D eigenvalue weighted by Gasteiger charge is 2.23. The van der Waals surface area contributed by atoms with Crippen LogP contribution in [0.25, 0.3) is 11.4 Å². The van der Waals surface area contributed by atoms with E-state index < -0.39 is 10.0 Å². The molecule has 0 saturated carbocycles. The van der Waals surface area contributed by atoms with E-state index >= 15 is 0 Å². The fraction of sp³-hybridized carbons (Fsp3) is 0.292. The average Bonchev–Trinajstić information content (AvgIpc) is 3.26. The van der Waals surface area contributed by atoms with Gasteiger partial charge in [-0.25, -0.2) is 8.42 Å². The van der Waals surface area contributed by atoms with Gasteiger partial charge in [0.15, 0.2) is 11.0 Å². The van der Waals surface area contributed by atoms with Crippen molar-refractivity contribution >= 4 is 33.4 Å². The van der Waals surface area contributed by atoms with E-state index in [0.717, 1.165) is 5.69 Å². The predicted molar refractivity (Wildman–Crippen MR) is 136 cm³/mol. The number of nitrogens with zero attached hydrogens (tertiary/aromatic N) is 5. The fourth-order valence-electron chi connectivity index (χ4n) is 3.43. The smallest absolute Gasteiger partial charge is 0.243 e. The van der Waals surface area contributed by atoms with Crippen LogP contribution >= 0.6 is 11.8 Å². The molecule has 34 heavy (non-hydrogen) atoms. The van der Waals surface area contributed by atoms with Crippen LogP contribution < -0.4 is 4.90 Å². The molecule has 0 bridgehead atoms. The minimum absolute atomic E-state index is 0.0711. The van der Waals surface area contributed by atoms with E-state index in [0.29, 0.717) is 36.2 Å². The fourth-order valence-corrected chi connectivity index (χ4v) is 5.80. The number of allylic oxidation sites excluding steroid dienone is 1. The molecular weight excluding hydrogens is 470 g/mol. The highest BCUT2D eigenvalue weighted by molar-refractivity contribution is 7.99. The molecule has 0 fully saturated rings. The highest BCUT2D eigenvalue weighted by atomic mass is 32.2. The van der Waals surface area contributed by atoms with Gasteiger partial charge in [0.2, 0.25) is 15.9 Å². The van der Waals surface area contributed by atoms with Crippen molar-refractivity contribution in [3.63, 3.8) is 0 Å². The quantitative estimate of drug-likeness (QED) is 0.294. The standard InChI is InChI=1S/C24H29N5O3S2/c1-5-16-29-23(19-12-11-15-21(17-19)34(31,32)28(6-2)7-3)25-26-24(29)33-18-22(30)27(4)20-13-9-8-10-14-20/h5,8-15,17H,1,6-7,16,18H2,2-4H3. The maximum atomic E-state index is 13.0. The second-order valence-electron chi connectivity index (χ2n) is 7.40. The van der Waals surface area contributed by atoms with Crippen molar-refractivity contribution in [3.05, 3.63) is 67.3 Å². The van der Waals surface area contributed by atoms with Crippen molar-refractivity contribution in [2.75, 3.05) is 30.8 Å². The Hall–Kier alpha value is -2.95. The van der Waals surface area contributed by atoms with E-state index in [4.69, 9.17) is 0 Å². The molecule has 1 aromatic heterocycles. The van der Waals surface area contributed by atoms with Crippen molar-refractivity contribution < 1.29 is 13.2 Å². The first-order valence-corrected chi connectivity index (χ1v) is 13.3. The lowest BCUT2D eigenvalue weighted by Gasteiger charge is -2.19. The third-order valence-electron chi connectivity index (χ3n) is 5.31. The van der Waals surface area contributed by atoms with E-state index in [-0.39, 0.29) is 16.6 Å². The Morgan fingerprint density at radius 1 is 1.09 bits per heavy atom. The van der Waals surface area contributed by atoms with E-state index in [2.05, 4.69) is 16.8 Å². The third kappa shape index (κ3) is 5.57. The lowest BCUT2D eigenvalue weighted by Crippen LogP contribution is -2.30. The lowest BCUT2D eigenvalue weighted by atomic mass is 10.2. The van der Waals surface area contributed by atoms with Crippen molar-refractivity contribution in [1.82, 2.24) is 19.1 Å². The van der Waals surface area contributed by atoms with Crippen LogP contribution in [-0.4, -0.2) is 59.3 Å². The summed E-state index contributed by atoms with van der Waals surface area (Å²) in [5, 5.41) is 9.13. The Morgan fingerprint density at radius 2 is 1.79 bits per heavy atom. The van der Waals surface area contributed by atoms with Crippen molar-refractivity contribution in [1.29, 1.82) is 0 Å². The van der Waals surface area contributed by atoms with E-state index in [1.807, 2.05) is 48.7 Å². The molecule has 0 unspecified atom stereocenters. The molecule has 0 N–H and O–H groups in total. The first-order chi connectivity index (χ1) is 16.3. The molecule has 0 aliphatic rings. The van der Waals surface area contributed by atoms with Gasteiger partial charge in [0.1, 0.15) is 0 Å². The number of amides is 1. The Balaban J connectivity index is 1.86. The molecule has 3 rings (SSSR count). The van der Waals surface area contributed by atoms with Crippen LogP contribution in [0.5, 0.6) is 0 Å². The van der Waals surface area contributed by atoms with Crippen LogP contribution in [0, 0.1) is 0 Å². The zero-order valence-electron chi connectivity index (χ0n) is 19.6. The van der Waals surface area contributed by atoms with Crippen LogP contribution in [0.3, 0.4) is 0 Å². The molecule has 0 aliphatic heterocycles. The molecule has 8 nitrogen and oxygen atoms in total. The Kier molecular flexibility index (Phi) is 8.65. The van der Waals surface area contributed by atoms with Gasteiger partial charge in [0.05, 0.1) is 10.6 Å². The molecule has 0 atom stereocenters. The molecule has 3 aromatic rings. The first-order valence-electron chi connectivity index (χ1n) is 10.9. The van der Waals surface area contributed by atoms with Crippen molar-refractivity contribution in [2.45, 2.75) is 30.4 Å². The summed E-state index contributed by atoms with van der Waals surface area (Å²) >= 11 is 1.28. The normalized spacial score (nSPS) is 11.5. The lowest BCUT2D eigenvalue weighted by molar-refractivity contribution is -0.115. The largest absolute Gasteiger partial charge is 0.315 e. The molecule has 0 saturated heterocycles. The number of hydrogen-bond donors (Lipinski definition) is 0. The summed E-state index contributed by atoms with van der Waals surface area (Å²) in [5.74, 6) is 0.623. The van der Waals surface area contributed by atoms with Gasteiger partial charge in [0, 0.05) is 37.9 Å². The molecule has 0 aliphatic carbocycles. The summed E-state index contributed by atoms with van der Waals surface area (Å²) in [7, 11) is -1.87. The zero-order valence-corrected chi connectivity index (χ0v) is 21.2. The van der Waals surface area contributed by atoms with Crippen LogP contribution in [0.2, 0.25) is 0 Å². The number of rotatable bonds is 11. The topological polar surface area (TPSA) is 88.4 Å². The van der Waals surface area contributed by atoms with Gasteiger partial charge < -0.3 is 4.90 Å². The van der Waals surface area contributed by atoms with E-state index in [9.17, 15) is 13.2 Å². The predicted octanol–water partition coefficient (Wildman–Crippen LogP) is 3.92. The minimum Gasteiger partial charge on any atom is -0.315 e. The Morgan fingerprint density at radius 3 is 2.44 bits per heavy atom. The molecule has 1 heterocycles. The van der Waals surface area contributed by atoms with Gasteiger partial charge in [0.25, 0.3) is 0 Å². The van der Waals surface area contributed by atoms with Gasteiger partial charge >= 0.3 is 0 Å². The highest BCUT2D eigenvalue weighted by Crippen LogP contribution is 2.27. The van der Waals surface area contributed by atoms with Crippen molar-refractivity contribution in [2.24, 2.45) is 0 Å². The number of aromatic nitrogens is 3. The van der Waals surface area contributed by atoms with Crippen LogP contribution in [0.1, 0.15) is 13.8 Å². The number of anilines is 1. The Labute approximate surface area is 205 Å². The first kappa shape index (κ1) is 25.7. The van der Waals surface area contributed by atoms with E-state index in [1.165, 1.54) is 16.1 Å². The molecule has 2 aromatic carbocycles. The maximum Gasteiger partial charge on any atom is 0.243 e. The van der Waals surface area contributed by atoms with Gasteiger partial charge in [-0.1, -0.05) is 62.0 Å². The molecule has 0 radical (unpaired) electrons. The van der Waals surface area contributed by atoms with E-state index in [1.54, 1.807) is 42.3 Å². The van der Waals surface area contributed by atoms with Crippen molar-refractivity contribution in [3.8, 4) is 11.4 Å². The number of benzene rings is 2. The minimum atomic E-state index is -3.61. The second-order valence-corrected chi connectivity index (χ2v) is 10.3. The number of para-hydroxylation sites is 1. The summed E-state index contributed by atoms with van der Waals surface area (Å²) in [6.07, 6.45) is 1.71. The van der Waals surface area contributed by atoms with Gasteiger partial charge in [-0.15, -0.1) is 16.8 Å². The number of carbonyl (C=O) groups is 1. The molecule has 180 valence electrons. The zero-order chi connectivity index (χ0) is 24.7. The summed E-state index contributed by atoms with van der Waals surface area (Å²) in [6.45, 7) is 8.63. The Bertz CT molecular complexity index is 1240. The molecular formula is C24H29N5O3S2. The van der Waals surface area contributed by atoms with Gasteiger partial charge in [-0.2, -0.15) is 4.31 Å². The monoisotopic (exact) mass is 499 g/mol. The summed E-state index contributed by atoms with van der Waals surface area (Å²) in [4.78, 5) is 14.5. The number of thioether (sulfide) groups is 1. The van der Waals surface area contributed by atoms with Crippen LogP contribution in [0.4, 0.5) is 5.69 Å². The number of carbonyl (C=O) groups excluding carboxylic acids is 1. The molecule has 10 heteroatoms. The number of hydrogen-bond acceptors (Lipinski definition) is 6. The third-order valence-corrected chi connectivity index (χ3v) is 8.30. The second kappa shape index (κ2) is 11.5. The van der Waals surface area contributed by atoms with Crippen LogP contribution in [0.15, 0.2) is 77.3 Å². The summed E-state index contributed by atoms with van der Waals surface area (Å²) in [6, 6.07) is 16.1. The summed E-state index contributed by atoms with van der Waals surface area (Å²) < 4.78 is 29.2. The number of sulfonamides is 1. The SMILES string of the molecule is C=CCn1c(SCC(=O)N(C)c2ccccc2)nnc1-c1cccc(S(=O)(=O)N(CC)CC)c1. The molecule has 1 amide bonds. The average molecular weight is 500 g/mol. The van der Waals surface area contributed by atoms with Gasteiger partial charge in [-0.3, -0.25) is 9.36 Å². The summed E-state index contributed by atoms with van der Waals surface area (Å²) in [5.41, 5.74) is 1.44. The van der Waals surface area contributed by atoms with Gasteiger partial charge in [-0.05, 0) is 24.3 Å².